The number of rotatable bonds is 4. The highest BCUT2D eigenvalue weighted by atomic mass is 79.9. The van der Waals surface area contributed by atoms with E-state index in [9.17, 15) is 14.7 Å². The number of allylic oxidation sites excluding steroid dienone is 1. The number of aromatic nitrogens is 1. The number of halogens is 1. The minimum Gasteiger partial charge on any atom is -0.507 e. The molecule has 0 saturated heterocycles. The van der Waals surface area contributed by atoms with Gasteiger partial charge in [0.15, 0.2) is 4.80 Å². The van der Waals surface area contributed by atoms with Crippen LogP contribution in [0, 0.1) is 6.92 Å². The average molecular weight is 513 g/mol. The number of ether oxygens (including phenoxy) is 1. The van der Waals surface area contributed by atoms with Crippen molar-refractivity contribution >= 4 is 39.3 Å². The summed E-state index contributed by atoms with van der Waals surface area (Å²) in [5, 5.41) is 9.74. The number of aromatic hydroxyl groups is 1. The highest BCUT2D eigenvalue weighted by Crippen LogP contribution is 2.31. The standard InChI is InChI=1S/C24H21BrN2O4S/c1-4-31-23(30)20-14(3)26-24-27(21(20)16-8-5-13(2)6-9-16)22(29)19(32-24)12-15-7-10-18(28)17(25)11-15/h5-12,21,28H,4H2,1-3H3/b19-12-/t21-/m1/s1. The van der Waals surface area contributed by atoms with Crippen molar-refractivity contribution in [3.05, 3.63) is 94.6 Å². The second-order valence-corrected chi connectivity index (χ2v) is 9.29. The molecule has 3 aromatic rings. The molecule has 1 atom stereocenters. The maximum Gasteiger partial charge on any atom is 0.338 e. The zero-order valence-electron chi connectivity index (χ0n) is 17.8. The zero-order valence-corrected chi connectivity index (χ0v) is 20.2. The van der Waals surface area contributed by atoms with Gasteiger partial charge in [0.05, 0.1) is 32.9 Å². The number of carbonyl (C=O) groups is 1. The molecule has 1 aromatic heterocycles. The van der Waals surface area contributed by atoms with E-state index in [-0.39, 0.29) is 17.9 Å². The van der Waals surface area contributed by atoms with E-state index in [1.165, 1.54) is 11.3 Å². The lowest BCUT2D eigenvalue weighted by Gasteiger charge is -2.24. The van der Waals surface area contributed by atoms with Gasteiger partial charge in [0.25, 0.3) is 5.56 Å². The van der Waals surface area contributed by atoms with Crippen LogP contribution in [0.4, 0.5) is 0 Å². The number of phenols is 1. The normalized spacial score (nSPS) is 16.0. The summed E-state index contributed by atoms with van der Waals surface area (Å²) < 4.78 is 7.89. The summed E-state index contributed by atoms with van der Waals surface area (Å²) in [4.78, 5) is 31.5. The Labute approximate surface area is 197 Å². The van der Waals surface area contributed by atoms with Gasteiger partial charge in [0.2, 0.25) is 0 Å². The molecule has 1 aliphatic heterocycles. The summed E-state index contributed by atoms with van der Waals surface area (Å²) in [7, 11) is 0. The molecular weight excluding hydrogens is 492 g/mol. The number of hydrogen-bond donors (Lipinski definition) is 1. The van der Waals surface area contributed by atoms with Crippen LogP contribution in [-0.4, -0.2) is 22.2 Å². The van der Waals surface area contributed by atoms with E-state index < -0.39 is 12.0 Å². The molecule has 32 heavy (non-hydrogen) atoms. The Morgan fingerprint density at radius 2 is 1.97 bits per heavy atom. The van der Waals surface area contributed by atoms with Crippen molar-refractivity contribution in [1.29, 1.82) is 0 Å². The van der Waals surface area contributed by atoms with Crippen molar-refractivity contribution < 1.29 is 14.6 Å². The lowest BCUT2D eigenvalue weighted by Crippen LogP contribution is -2.39. The molecule has 0 aliphatic carbocycles. The van der Waals surface area contributed by atoms with Crippen LogP contribution in [0.25, 0.3) is 6.08 Å². The lowest BCUT2D eigenvalue weighted by molar-refractivity contribution is -0.139. The number of carbonyl (C=O) groups excluding carboxylic acids is 1. The average Bonchev–Trinajstić information content (AvgIpc) is 3.05. The van der Waals surface area contributed by atoms with Crippen LogP contribution < -0.4 is 14.9 Å². The Bertz CT molecular complexity index is 1420. The number of fused-ring (bicyclic) bond motifs is 1. The Hall–Kier alpha value is -2.97. The van der Waals surface area contributed by atoms with Gasteiger partial charge in [-0.05, 0) is 66.0 Å². The highest BCUT2D eigenvalue weighted by molar-refractivity contribution is 9.10. The molecule has 0 spiro atoms. The fraction of sp³-hybridized carbons (Fsp3) is 0.208. The summed E-state index contributed by atoms with van der Waals surface area (Å²) in [6, 6.07) is 12.2. The van der Waals surface area contributed by atoms with E-state index >= 15 is 0 Å². The van der Waals surface area contributed by atoms with Crippen LogP contribution >= 0.6 is 27.3 Å². The lowest BCUT2D eigenvalue weighted by atomic mass is 9.95. The maximum atomic E-state index is 13.5. The third kappa shape index (κ3) is 4.08. The predicted octanol–water partition coefficient (Wildman–Crippen LogP) is 3.57. The molecule has 4 rings (SSSR count). The number of phenolic OH excluding ortho intramolecular Hbond substituents is 1. The molecule has 0 radical (unpaired) electrons. The zero-order chi connectivity index (χ0) is 23.0. The number of hydrogen-bond acceptors (Lipinski definition) is 6. The summed E-state index contributed by atoms with van der Waals surface area (Å²) in [5.41, 5.74) is 3.31. The number of thiazole rings is 1. The van der Waals surface area contributed by atoms with Crippen LogP contribution in [0.15, 0.2) is 68.0 Å². The number of esters is 1. The molecule has 2 heterocycles. The third-order valence-corrected chi connectivity index (χ3v) is 6.80. The van der Waals surface area contributed by atoms with Crippen LogP contribution in [0.3, 0.4) is 0 Å². The Morgan fingerprint density at radius 1 is 1.25 bits per heavy atom. The molecular formula is C24H21BrN2O4S. The molecule has 0 bridgehead atoms. The monoisotopic (exact) mass is 512 g/mol. The topological polar surface area (TPSA) is 80.9 Å². The molecule has 1 aliphatic rings. The van der Waals surface area contributed by atoms with Gasteiger partial charge in [-0.3, -0.25) is 9.36 Å². The van der Waals surface area contributed by atoms with E-state index in [1.54, 1.807) is 42.7 Å². The summed E-state index contributed by atoms with van der Waals surface area (Å²) in [6.07, 6.45) is 1.75. The fourth-order valence-electron chi connectivity index (χ4n) is 3.62. The number of nitrogens with zero attached hydrogens (tertiary/aromatic N) is 2. The van der Waals surface area contributed by atoms with Gasteiger partial charge in [-0.2, -0.15) is 0 Å². The molecule has 0 fully saturated rings. The SMILES string of the molecule is CCOC(=O)C1=C(C)N=c2s/c(=C\c3ccc(O)c(Br)c3)c(=O)n2[C@@H]1c1ccc(C)cc1. The molecule has 6 nitrogen and oxygen atoms in total. The first-order chi connectivity index (χ1) is 15.3. The third-order valence-electron chi connectivity index (χ3n) is 5.18. The maximum absolute atomic E-state index is 13.5. The van der Waals surface area contributed by atoms with Crippen LogP contribution in [0.1, 0.15) is 36.6 Å². The smallest absolute Gasteiger partial charge is 0.338 e. The molecule has 0 amide bonds. The van der Waals surface area contributed by atoms with Crippen molar-refractivity contribution in [2.45, 2.75) is 26.8 Å². The largest absolute Gasteiger partial charge is 0.507 e. The highest BCUT2D eigenvalue weighted by Gasteiger charge is 2.33. The molecule has 0 unspecified atom stereocenters. The van der Waals surface area contributed by atoms with Gasteiger partial charge >= 0.3 is 5.97 Å². The van der Waals surface area contributed by atoms with E-state index in [0.29, 0.717) is 25.1 Å². The van der Waals surface area contributed by atoms with Gasteiger partial charge in [-0.25, -0.2) is 9.79 Å². The fourth-order valence-corrected chi connectivity index (χ4v) is 5.06. The predicted molar refractivity (Wildman–Crippen MR) is 127 cm³/mol. The number of benzene rings is 2. The Kier molecular flexibility index (Phi) is 6.17. The first kappa shape index (κ1) is 22.2. The van der Waals surface area contributed by atoms with Crippen molar-refractivity contribution in [3.8, 4) is 5.75 Å². The molecule has 0 saturated carbocycles. The molecule has 2 aromatic carbocycles. The van der Waals surface area contributed by atoms with Gasteiger partial charge in [0.1, 0.15) is 5.75 Å². The first-order valence-corrected chi connectivity index (χ1v) is 11.7. The summed E-state index contributed by atoms with van der Waals surface area (Å²) >= 11 is 4.56. The minimum absolute atomic E-state index is 0.123. The van der Waals surface area contributed by atoms with Crippen LogP contribution in [0.5, 0.6) is 5.75 Å². The number of aryl methyl sites for hydroxylation is 1. The quantitative estimate of drug-likeness (QED) is 0.541. The Morgan fingerprint density at radius 3 is 2.62 bits per heavy atom. The Balaban J connectivity index is 1.95. The van der Waals surface area contributed by atoms with Crippen molar-refractivity contribution in [2.75, 3.05) is 6.61 Å². The van der Waals surface area contributed by atoms with Gasteiger partial charge in [0, 0.05) is 0 Å². The summed E-state index contributed by atoms with van der Waals surface area (Å²) in [6.45, 7) is 5.73. The molecule has 164 valence electrons. The van der Waals surface area contributed by atoms with E-state index in [1.807, 2.05) is 31.2 Å². The van der Waals surface area contributed by atoms with E-state index in [2.05, 4.69) is 20.9 Å². The van der Waals surface area contributed by atoms with Crippen LogP contribution in [-0.2, 0) is 9.53 Å². The summed E-state index contributed by atoms with van der Waals surface area (Å²) in [5.74, 6) is -0.353. The van der Waals surface area contributed by atoms with Gasteiger partial charge < -0.3 is 9.84 Å². The van der Waals surface area contributed by atoms with Crippen molar-refractivity contribution in [3.63, 3.8) is 0 Å². The van der Waals surface area contributed by atoms with Gasteiger partial charge in [-0.15, -0.1) is 0 Å². The van der Waals surface area contributed by atoms with Crippen molar-refractivity contribution in [2.24, 2.45) is 4.99 Å². The minimum atomic E-state index is -0.625. The molecule has 1 N–H and O–H groups in total. The van der Waals surface area contributed by atoms with E-state index in [0.717, 1.165) is 16.7 Å². The van der Waals surface area contributed by atoms with Crippen molar-refractivity contribution in [1.82, 2.24) is 4.57 Å². The first-order valence-electron chi connectivity index (χ1n) is 10.0. The van der Waals surface area contributed by atoms with Crippen LogP contribution in [0.2, 0.25) is 0 Å². The second-order valence-electron chi connectivity index (χ2n) is 7.42. The second kappa shape index (κ2) is 8.88. The molecule has 8 heteroatoms. The van der Waals surface area contributed by atoms with E-state index in [4.69, 9.17) is 4.74 Å². The van der Waals surface area contributed by atoms with Gasteiger partial charge in [-0.1, -0.05) is 47.2 Å².